The number of ether oxygens (including phenoxy) is 1. The zero-order valence-electron chi connectivity index (χ0n) is 10.9. The van der Waals surface area contributed by atoms with Crippen molar-refractivity contribution in [2.24, 2.45) is 5.92 Å². The predicted octanol–water partition coefficient (Wildman–Crippen LogP) is 2.36. The Hall–Kier alpha value is -1.72. The number of alkyl halides is 3. The van der Waals surface area contributed by atoms with Gasteiger partial charge in [-0.05, 0) is 30.0 Å². The van der Waals surface area contributed by atoms with Gasteiger partial charge in [-0.15, -0.1) is 0 Å². The molecule has 1 aliphatic heterocycles. The predicted molar refractivity (Wildman–Crippen MR) is 65.4 cm³/mol. The molecule has 1 unspecified atom stereocenters. The normalized spacial score (nSPS) is 28.2. The summed E-state index contributed by atoms with van der Waals surface area (Å²) in [7, 11) is 1.56. The molecule has 1 saturated carbocycles. The minimum Gasteiger partial charge on any atom is -0.497 e. The molecule has 1 aliphatic carbocycles. The quantitative estimate of drug-likeness (QED) is 0.835. The minimum absolute atomic E-state index is 0.141. The van der Waals surface area contributed by atoms with E-state index in [-0.39, 0.29) is 24.4 Å². The Morgan fingerprint density at radius 1 is 1.35 bits per heavy atom. The Balaban J connectivity index is 1.78. The van der Waals surface area contributed by atoms with Crippen LogP contribution in [0.2, 0.25) is 0 Å². The number of methoxy groups -OCH3 is 1. The molecule has 3 rings (SSSR count). The molecule has 3 nitrogen and oxygen atoms in total. The second kappa shape index (κ2) is 4.14. The summed E-state index contributed by atoms with van der Waals surface area (Å²) in [6, 6.07) is 7.35. The fraction of sp³-hybridized carbons (Fsp3) is 0.500. The zero-order valence-corrected chi connectivity index (χ0v) is 10.9. The Morgan fingerprint density at radius 2 is 2.00 bits per heavy atom. The van der Waals surface area contributed by atoms with Gasteiger partial charge in [0.15, 0.2) is 0 Å². The van der Waals surface area contributed by atoms with Crippen LogP contribution in [-0.4, -0.2) is 37.2 Å². The zero-order chi connectivity index (χ0) is 14.5. The van der Waals surface area contributed by atoms with Crippen LogP contribution < -0.4 is 4.74 Å². The van der Waals surface area contributed by atoms with E-state index in [4.69, 9.17) is 4.74 Å². The number of carbonyl (C=O) groups excluding carboxylic acids is 1. The second-order valence-corrected chi connectivity index (χ2v) is 5.47. The van der Waals surface area contributed by atoms with E-state index in [0.717, 1.165) is 16.9 Å². The van der Waals surface area contributed by atoms with E-state index in [0.29, 0.717) is 5.75 Å². The van der Waals surface area contributed by atoms with Crippen molar-refractivity contribution in [1.82, 2.24) is 4.90 Å². The van der Waals surface area contributed by atoms with E-state index in [1.807, 2.05) is 12.1 Å². The van der Waals surface area contributed by atoms with Crippen LogP contribution in [0, 0.1) is 5.92 Å². The van der Waals surface area contributed by atoms with E-state index in [1.54, 1.807) is 19.2 Å². The first-order valence-electron chi connectivity index (χ1n) is 6.37. The summed E-state index contributed by atoms with van der Waals surface area (Å²) in [6.45, 7) is 0.354. The molecule has 6 heteroatoms. The highest BCUT2D eigenvalue weighted by atomic mass is 19.4. The highest BCUT2D eigenvalue weighted by molar-refractivity contribution is 5.82. The summed E-state index contributed by atoms with van der Waals surface area (Å²) in [5.74, 6) is -0.872. The third kappa shape index (κ3) is 1.94. The monoisotopic (exact) mass is 285 g/mol. The van der Waals surface area contributed by atoms with E-state index >= 15 is 0 Å². The van der Waals surface area contributed by atoms with Crippen LogP contribution in [0.3, 0.4) is 0 Å². The van der Waals surface area contributed by atoms with Crippen molar-refractivity contribution in [2.75, 3.05) is 20.2 Å². The average Bonchev–Trinajstić information content (AvgIpc) is 2.99. The number of fused-ring (bicyclic) bond motifs is 1. The Kier molecular flexibility index (Phi) is 2.74. The molecule has 20 heavy (non-hydrogen) atoms. The summed E-state index contributed by atoms with van der Waals surface area (Å²) < 4.78 is 42.5. The van der Waals surface area contributed by atoms with Crippen molar-refractivity contribution in [3.8, 4) is 5.75 Å². The number of piperidine rings is 1. The number of carbonyl (C=O) groups is 1. The van der Waals surface area contributed by atoms with Crippen molar-refractivity contribution in [3.63, 3.8) is 0 Å². The molecule has 1 saturated heterocycles. The Morgan fingerprint density at radius 3 is 2.55 bits per heavy atom. The van der Waals surface area contributed by atoms with Gasteiger partial charge in [0.2, 0.25) is 0 Å². The first kappa shape index (κ1) is 13.3. The molecule has 2 atom stereocenters. The molecular formula is C14H14F3NO2. The van der Waals surface area contributed by atoms with Crippen molar-refractivity contribution in [3.05, 3.63) is 29.8 Å². The van der Waals surface area contributed by atoms with Crippen LogP contribution in [-0.2, 0) is 10.2 Å². The molecule has 1 aromatic carbocycles. The van der Waals surface area contributed by atoms with Gasteiger partial charge in [-0.3, -0.25) is 4.79 Å². The smallest absolute Gasteiger partial charge is 0.471 e. The number of likely N-dealkylation sites (tertiary alicyclic amines) is 1. The largest absolute Gasteiger partial charge is 0.497 e. The number of hydrogen-bond acceptors (Lipinski definition) is 2. The molecule has 1 amide bonds. The molecule has 1 aromatic rings. The highest BCUT2D eigenvalue weighted by Gasteiger charge is 2.63. The van der Waals surface area contributed by atoms with Crippen LogP contribution in [0.15, 0.2) is 24.3 Å². The van der Waals surface area contributed by atoms with Gasteiger partial charge in [-0.1, -0.05) is 12.1 Å². The number of halogens is 3. The first-order chi connectivity index (χ1) is 9.37. The van der Waals surface area contributed by atoms with Crippen molar-refractivity contribution in [1.29, 1.82) is 0 Å². The molecule has 108 valence electrons. The standard InChI is InChI=1S/C14H14F3NO2/c1-20-11-4-2-9(3-5-11)13-6-10(13)7-18(8-13)12(19)14(15,16)17/h2-5,10H,6-8H2,1H3/t10-,13?/m1/s1. The lowest BCUT2D eigenvalue weighted by Crippen LogP contribution is -2.41. The van der Waals surface area contributed by atoms with Gasteiger partial charge in [0.05, 0.1) is 7.11 Å². The number of nitrogens with zero attached hydrogens (tertiary/aromatic N) is 1. The lowest BCUT2D eigenvalue weighted by atomic mass is 9.95. The van der Waals surface area contributed by atoms with Gasteiger partial charge in [0.25, 0.3) is 0 Å². The topological polar surface area (TPSA) is 29.5 Å². The molecule has 2 fully saturated rings. The molecule has 0 radical (unpaired) electrons. The highest BCUT2D eigenvalue weighted by Crippen LogP contribution is 2.59. The van der Waals surface area contributed by atoms with Crippen molar-refractivity contribution < 1.29 is 22.7 Å². The van der Waals surface area contributed by atoms with Crippen LogP contribution in [0.1, 0.15) is 12.0 Å². The maximum Gasteiger partial charge on any atom is 0.471 e. The lowest BCUT2D eigenvalue weighted by molar-refractivity contribution is -0.184. The van der Waals surface area contributed by atoms with Gasteiger partial charge in [0.1, 0.15) is 5.75 Å². The average molecular weight is 285 g/mol. The van der Waals surface area contributed by atoms with Crippen molar-refractivity contribution >= 4 is 5.91 Å². The third-order valence-corrected chi connectivity index (χ3v) is 4.34. The number of benzene rings is 1. The molecule has 1 heterocycles. The van der Waals surface area contributed by atoms with Crippen LogP contribution in [0.5, 0.6) is 5.75 Å². The maximum absolute atomic E-state index is 12.5. The second-order valence-electron chi connectivity index (χ2n) is 5.47. The van der Waals surface area contributed by atoms with Crippen molar-refractivity contribution in [2.45, 2.75) is 18.0 Å². The van der Waals surface area contributed by atoms with Gasteiger partial charge >= 0.3 is 12.1 Å². The Bertz CT molecular complexity index is 540. The number of rotatable bonds is 2. The first-order valence-corrected chi connectivity index (χ1v) is 6.37. The minimum atomic E-state index is -4.78. The Labute approximate surface area is 114 Å². The van der Waals surface area contributed by atoms with Crippen LogP contribution in [0.25, 0.3) is 0 Å². The van der Waals surface area contributed by atoms with E-state index in [2.05, 4.69) is 0 Å². The van der Waals surface area contributed by atoms with Gasteiger partial charge in [0, 0.05) is 18.5 Å². The molecule has 0 aromatic heterocycles. The number of amides is 1. The summed E-state index contributed by atoms with van der Waals surface area (Å²) in [5, 5.41) is 0. The fourth-order valence-corrected chi connectivity index (χ4v) is 3.19. The van der Waals surface area contributed by atoms with E-state index in [1.165, 1.54) is 0 Å². The summed E-state index contributed by atoms with van der Waals surface area (Å²) in [4.78, 5) is 12.2. The molecule has 0 bridgehead atoms. The maximum atomic E-state index is 12.5. The summed E-state index contributed by atoms with van der Waals surface area (Å²) in [6.07, 6.45) is -3.93. The molecule has 2 aliphatic rings. The summed E-state index contributed by atoms with van der Waals surface area (Å²) >= 11 is 0. The van der Waals surface area contributed by atoms with Gasteiger partial charge in [-0.2, -0.15) is 13.2 Å². The molecule has 0 spiro atoms. The van der Waals surface area contributed by atoms with Gasteiger partial charge < -0.3 is 9.64 Å². The van der Waals surface area contributed by atoms with Crippen LogP contribution >= 0.6 is 0 Å². The van der Waals surface area contributed by atoms with Gasteiger partial charge in [-0.25, -0.2) is 0 Å². The SMILES string of the molecule is COc1ccc(C23C[C@@H]2CN(C(=O)C(F)(F)F)C3)cc1. The van der Waals surface area contributed by atoms with E-state index < -0.39 is 12.1 Å². The summed E-state index contributed by atoms with van der Waals surface area (Å²) in [5.41, 5.74) is 0.702. The lowest BCUT2D eigenvalue weighted by Gasteiger charge is -2.22. The fourth-order valence-electron chi connectivity index (χ4n) is 3.19. The third-order valence-electron chi connectivity index (χ3n) is 4.34. The number of hydrogen-bond donors (Lipinski definition) is 0. The van der Waals surface area contributed by atoms with Crippen LogP contribution in [0.4, 0.5) is 13.2 Å². The molecule has 0 N–H and O–H groups in total. The molecular weight excluding hydrogens is 271 g/mol. The van der Waals surface area contributed by atoms with E-state index in [9.17, 15) is 18.0 Å².